The average molecular weight is 268 g/mol. The summed E-state index contributed by atoms with van der Waals surface area (Å²) in [5, 5.41) is 2.95. The van der Waals surface area contributed by atoms with Gasteiger partial charge in [-0.2, -0.15) is 0 Å². The number of nitrogens with one attached hydrogen (secondary N) is 1. The fourth-order valence-electron chi connectivity index (χ4n) is 2.87. The van der Waals surface area contributed by atoms with Gasteiger partial charge in [0.15, 0.2) is 0 Å². The van der Waals surface area contributed by atoms with Crippen molar-refractivity contribution >= 4 is 11.7 Å². The van der Waals surface area contributed by atoms with E-state index in [1.807, 2.05) is 25.9 Å². The summed E-state index contributed by atoms with van der Waals surface area (Å²) in [4.78, 5) is 25.9. The van der Waals surface area contributed by atoms with Crippen LogP contribution in [0.25, 0.3) is 0 Å². The maximum atomic E-state index is 11.9. The van der Waals surface area contributed by atoms with Crippen molar-refractivity contribution in [3.63, 3.8) is 0 Å². The van der Waals surface area contributed by atoms with E-state index in [1.165, 1.54) is 0 Å². The number of hydrogen-bond acceptors (Lipinski definition) is 3. The van der Waals surface area contributed by atoms with Gasteiger partial charge in [-0.3, -0.25) is 9.59 Å². The van der Waals surface area contributed by atoms with Crippen LogP contribution in [0.1, 0.15) is 45.4 Å². The van der Waals surface area contributed by atoms with E-state index in [1.54, 1.807) is 0 Å². The number of carbonyl (C=O) groups excluding carboxylic acids is 2. The lowest BCUT2D eigenvalue weighted by atomic mass is 9.74. The van der Waals surface area contributed by atoms with Crippen molar-refractivity contribution in [3.05, 3.63) is 0 Å². The number of rotatable bonds is 7. The zero-order valence-electron chi connectivity index (χ0n) is 12.6. The molecule has 19 heavy (non-hydrogen) atoms. The highest BCUT2D eigenvalue weighted by molar-refractivity contribution is 5.82. The third kappa shape index (κ3) is 5.72. The molecule has 0 aromatic heterocycles. The average Bonchev–Trinajstić information content (AvgIpc) is 2.38. The third-order valence-corrected chi connectivity index (χ3v) is 4.00. The number of nitrogens with zero attached hydrogens (tertiary/aromatic N) is 1. The Morgan fingerprint density at radius 2 is 1.89 bits per heavy atom. The van der Waals surface area contributed by atoms with Crippen molar-refractivity contribution in [1.29, 1.82) is 0 Å². The van der Waals surface area contributed by atoms with Gasteiger partial charge in [0.25, 0.3) is 0 Å². The minimum absolute atomic E-state index is 0.0997. The molecule has 0 aromatic carbocycles. The lowest BCUT2D eigenvalue weighted by Gasteiger charge is -2.30. The van der Waals surface area contributed by atoms with Crippen LogP contribution in [-0.4, -0.2) is 43.8 Å². The van der Waals surface area contributed by atoms with Gasteiger partial charge in [-0.05, 0) is 32.9 Å². The molecule has 2 unspecified atom stereocenters. The van der Waals surface area contributed by atoms with Crippen LogP contribution in [0.5, 0.6) is 0 Å². The van der Waals surface area contributed by atoms with E-state index in [-0.39, 0.29) is 17.7 Å². The van der Waals surface area contributed by atoms with Crippen molar-refractivity contribution < 1.29 is 9.59 Å². The van der Waals surface area contributed by atoms with Crippen molar-refractivity contribution in [3.8, 4) is 0 Å². The topological polar surface area (TPSA) is 49.4 Å². The summed E-state index contributed by atoms with van der Waals surface area (Å²) >= 11 is 0. The van der Waals surface area contributed by atoms with Gasteiger partial charge in [-0.15, -0.1) is 0 Å². The smallest absolute Gasteiger partial charge is 0.220 e. The fourth-order valence-corrected chi connectivity index (χ4v) is 2.87. The Balaban J connectivity index is 2.39. The van der Waals surface area contributed by atoms with Crippen LogP contribution in [0, 0.1) is 11.8 Å². The van der Waals surface area contributed by atoms with Crippen LogP contribution < -0.4 is 5.32 Å². The third-order valence-electron chi connectivity index (χ3n) is 4.00. The Labute approximate surface area is 116 Å². The van der Waals surface area contributed by atoms with Crippen LogP contribution in [0.2, 0.25) is 0 Å². The second-order valence-electron chi connectivity index (χ2n) is 5.83. The van der Waals surface area contributed by atoms with E-state index in [2.05, 4.69) is 5.32 Å². The van der Waals surface area contributed by atoms with Gasteiger partial charge in [0.1, 0.15) is 5.78 Å². The van der Waals surface area contributed by atoms with E-state index < -0.39 is 0 Å². The SMILES string of the molecule is CCC(=O)C1CCCCC1CC(=O)NCCN(C)C. The Kier molecular flexibility index (Phi) is 7.06. The minimum Gasteiger partial charge on any atom is -0.355 e. The van der Waals surface area contributed by atoms with E-state index >= 15 is 0 Å². The van der Waals surface area contributed by atoms with Crippen molar-refractivity contribution in [2.45, 2.75) is 45.4 Å². The van der Waals surface area contributed by atoms with E-state index in [9.17, 15) is 9.59 Å². The maximum Gasteiger partial charge on any atom is 0.220 e. The Hall–Kier alpha value is -0.900. The summed E-state index contributed by atoms with van der Waals surface area (Å²) in [5.74, 6) is 0.826. The summed E-state index contributed by atoms with van der Waals surface area (Å²) in [6, 6.07) is 0. The highest BCUT2D eigenvalue weighted by Crippen LogP contribution is 2.33. The largest absolute Gasteiger partial charge is 0.355 e. The van der Waals surface area contributed by atoms with E-state index in [0.717, 1.165) is 32.2 Å². The van der Waals surface area contributed by atoms with E-state index in [4.69, 9.17) is 0 Å². The van der Waals surface area contributed by atoms with E-state index in [0.29, 0.717) is 25.2 Å². The van der Waals surface area contributed by atoms with Crippen molar-refractivity contribution in [2.75, 3.05) is 27.2 Å². The number of hydrogen-bond donors (Lipinski definition) is 1. The van der Waals surface area contributed by atoms with Crippen LogP contribution >= 0.6 is 0 Å². The highest BCUT2D eigenvalue weighted by Gasteiger charge is 2.30. The van der Waals surface area contributed by atoms with Crippen LogP contribution in [0.3, 0.4) is 0 Å². The summed E-state index contributed by atoms with van der Waals surface area (Å²) in [5.41, 5.74) is 0. The van der Waals surface area contributed by atoms with Gasteiger partial charge in [0.2, 0.25) is 5.91 Å². The molecule has 1 aliphatic rings. The monoisotopic (exact) mass is 268 g/mol. The molecule has 110 valence electrons. The van der Waals surface area contributed by atoms with Gasteiger partial charge < -0.3 is 10.2 Å². The first kappa shape index (κ1) is 16.2. The summed E-state index contributed by atoms with van der Waals surface area (Å²) in [6.45, 7) is 3.46. The van der Waals surface area contributed by atoms with Crippen LogP contribution in [0.15, 0.2) is 0 Å². The molecule has 0 bridgehead atoms. The van der Waals surface area contributed by atoms with Gasteiger partial charge >= 0.3 is 0 Å². The molecule has 0 radical (unpaired) electrons. The molecular weight excluding hydrogens is 240 g/mol. The lowest BCUT2D eigenvalue weighted by Crippen LogP contribution is -2.35. The first-order valence-corrected chi connectivity index (χ1v) is 7.48. The molecule has 4 nitrogen and oxygen atoms in total. The summed E-state index contributed by atoms with van der Waals surface area (Å²) < 4.78 is 0. The Morgan fingerprint density at radius 3 is 2.53 bits per heavy atom. The molecule has 0 heterocycles. The first-order valence-electron chi connectivity index (χ1n) is 7.48. The van der Waals surface area contributed by atoms with Gasteiger partial charge in [-0.1, -0.05) is 19.8 Å². The maximum absolute atomic E-state index is 11.9. The zero-order valence-corrected chi connectivity index (χ0v) is 12.6. The number of carbonyl (C=O) groups is 2. The second-order valence-corrected chi connectivity index (χ2v) is 5.83. The van der Waals surface area contributed by atoms with Crippen molar-refractivity contribution in [1.82, 2.24) is 10.2 Å². The number of ketones is 1. The van der Waals surface area contributed by atoms with Crippen LogP contribution in [0.4, 0.5) is 0 Å². The quantitative estimate of drug-likeness (QED) is 0.766. The summed E-state index contributed by atoms with van der Waals surface area (Å²) in [6.07, 6.45) is 5.41. The number of amides is 1. The predicted octanol–water partition coefficient (Wildman–Crippen LogP) is 1.84. The molecule has 1 fully saturated rings. The molecule has 2 atom stereocenters. The molecule has 0 saturated heterocycles. The Bertz CT molecular complexity index is 303. The highest BCUT2D eigenvalue weighted by atomic mass is 16.1. The van der Waals surface area contributed by atoms with Crippen molar-refractivity contribution in [2.24, 2.45) is 11.8 Å². The molecular formula is C15H28N2O2. The first-order chi connectivity index (χ1) is 9.04. The second kappa shape index (κ2) is 8.31. The lowest BCUT2D eigenvalue weighted by molar-refractivity contribution is -0.127. The minimum atomic E-state index is 0.0997. The molecule has 1 rings (SSSR count). The molecule has 0 aromatic rings. The normalized spacial score (nSPS) is 23.4. The molecule has 0 spiro atoms. The molecule has 1 amide bonds. The standard InChI is InChI=1S/C15H28N2O2/c1-4-14(18)13-8-6-5-7-12(13)11-15(19)16-9-10-17(2)3/h12-13H,4-11H2,1-3H3,(H,16,19). The summed E-state index contributed by atoms with van der Waals surface area (Å²) in [7, 11) is 3.98. The molecule has 0 aliphatic heterocycles. The molecule has 4 heteroatoms. The molecule has 1 N–H and O–H groups in total. The van der Waals surface area contributed by atoms with Gasteiger partial charge in [0.05, 0.1) is 0 Å². The van der Waals surface area contributed by atoms with Gasteiger partial charge in [0, 0.05) is 31.8 Å². The Morgan fingerprint density at radius 1 is 1.21 bits per heavy atom. The predicted molar refractivity (Wildman–Crippen MR) is 76.9 cm³/mol. The van der Waals surface area contributed by atoms with Crippen LogP contribution in [-0.2, 0) is 9.59 Å². The number of Topliss-reactive ketones (excluding diaryl/α,β-unsaturated/α-hetero) is 1. The number of likely N-dealkylation sites (N-methyl/N-ethyl adjacent to an activating group) is 1. The molecule has 1 saturated carbocycles. The van der Waals surface area contributed by atoms with Gasteiger partial charge in [-0.25, -0.2) is 0 Å². The fraction of sp³-hybridized carbons (Fsp3) is 0.867. The molecule has 1 aliphatic carbocycles. The zero-order chi connectivity index (χ0) is 14.3.